The molecule has 0 fully saturated rings. The second-order valence-electron chi connectivity index (χ2n) is 5.90. The molecule has 138 valence electrons. The fourth-order valence-corrected chi connectivity index (χ4v) is 5.71. The largest absolute Gasteiger partial charge is 0.500 e. The van der Waals surface area contributed by atoms with Gasteiger partial charge in [0.25, 0.3) is 0 Å². The first-order chi connectivity index (χ1) is 12.2. The minimum absolute atomic E-state index is 0.635. The Morgan fingerprint density at radius 3 is 2.16 bits per heavy atom. The maximum Gasteiger partial charge on any atom is 0.500 e. The van der Waals surface area contributed by atoms with Gasteiger partial charge in [0, 0.05) is 32.4 Å². The van der Waals surface area contributed by atoms with Gasteiger partial charge in [-0.1, -0.05) is 42.5 Å². The zero-order chi connectivity index (χ0) is 18.0. The molecule has 0 saturated carbocycles. The summed E-state index contributed by atoms with van der Waals surface area (Å²) in [5, 5.41) is 6.16. The fraction of sp³-hybridized carbons (Fsp3) is 0.500. The van der Waals surface area contributed by atoms with Crippen LogP contribution in [0.2, 0.25) is 6.04 Å². The smallest absolute Gasteiger partial charge is 0.374 e. The van der Waals surface area contributed by atoms with Crippen LogP contribution in [0.1, 0.15) is 32.8 Å². The highest BCUT2D eigenvalue weighted by molar-refractivity contribution is 6.60. The predicted molar refractivity (Wildman–Crippen MR) is 106 cm³/mol. The maximum absolute atomic E-state index is 5.90. The van der Waals surface area contributed by atoms with Gasteiger partial charge < -0.3 is 18.6 Å². The van der Waals surface area contributed by atoms with Crippen LogP contribution in [0.3, 0.4) is 0 Å². The highest BCUT2D eigenvalue weighted by atomic mass is 28.4. The van der Waals surface area contributed by atoms with Crippen molar-refractivity contribution in [3.05, 3.63) is 48.0 Å². The van der Waals surface area contributed by atoms with Crippen molar-refractivity contribution in [2.75, 3.05) is 26.4 Å². The molecule has 2 rings (SSSR count). The van der Waals surface area contributed by atoms with Crippen LogP contribution in [0.25, 0.3) is 10.8 Å². The number of rotatable bonds is 12. The van der Waals surface area contributed by atoms with Gasteiger partial charge >= 0.3 is 8.80 Å². The van der Waals surface area contributed by atoms with Gasteiger partial charge in [-0.05, 0) is 50.1 Å². The Morgan fingerprint density at radius 2 is 1.48 bits per heavy atom. The molecule has 2 aromatic carbocycles. The predicted octanol–water partition coefficient (Wildman–Crippen LogP) is 4.37. The van der Waals surface area contributed by atoms with Gasteiger partial charge in [-0.3, -0.25) is 0 Å². The number of hydrogen-bond acceptors (Lipinski definition) is 4. The van der Waals surface area contributed by atoms with Crippen LogP contribution in [-0.2, 0) is 19.8 Å². The zero-order valence-electron chi connectivity index (χ0n) is 15.7. The number of nitrogens with one attached hydrogen (secondary N) is 1. The summed E-state index contributed by atoms with van der Waals surface area (Å²) in [5.74, 6) is 0. The van der Waals surface area contributed by atoms with Gasteiger partial charge in [0.1, 0.15) is 0 Å². The van der Waals surface area contributed by atoms with Crippen LogP contribution < -0.4 is 5.32 Å². The van der Waals surface area contributed by atoms with E-state index in [1.807, 2.05) is 20.8 Å². The molecule has 0 bridgehead atoms. The molecule has 1 N–H and O–H groups in total. The topological polar surface area (TPSA) is 39.7 Å². The van der Waals surface area contributed by atoms with E-state index in [1.165, 1.54) is 16.3 Å². The fourth-order valence-electron chi connectivity index (χ4n) is 3.10. The van der Waals surface area contributed by atoms with Crippen LogP contribution >= 0.6 is 0 Å². The number of hydrogen-bond donors (Lipinski definition) is 1. The van der Waals surface area contributed by atoms with Gasteiger partial charge in [0.05, 0.1) is 0 Å². The lowest BCUT2D eigenvalue weighted by Crippen LogP contribution is -2.46. The SMILES string of the molecule is CCO[Si](CCCNCc1cccc2ccccc12)(OCC)OCC. The molecule has 4 nitrogen and oxygen atoms in total. The molecule has 0 aliphatic rings. The highest BCUT2D eigenvalue weighted by Gasteiger charge is 2.39. The second-order valence-corrected chi connectivity index (χ2v) is 8.63. The molecule has 0 heterocycles. The third-order valence-corrected chi connectivity index (χ3v) is 7.28. The normalized spacial score (nSPS) is 12.0. The van der Waals surface area contributed by atoms with Crippen molar-refractivity contribution < 1.29 is 13.3 Å². The van der Waals surface area contributed by atoms with Crippen molar-refractivity contribution in [2.45, 2.75) is 39.8 Å². The third kappa shape index (κ3) is 5.90. The summed E-state index contributed by atoms with van der Waals surface area (Å²) >= 11 is 0. The van der Waals surface area contributed by atoms with Crippen molar-refractivity contribution in [1.82, 2.24) is 5.32 Å². The summed E-state index contributed by atoms with van der Waals surface area (Å²) in [7, 11) is -2.51. The average molecular weight is 362 g/mol. The van der Waals surface area contributed by atoms with E-state index in [9.17, 15) is 0 Å². The van der Waals surface area contributed by atoms with Crippen LogP contribution in [0.4, 0.5) is 0 Å². The molecular formula is C20H31NO3Si. The molecule has 25 heavy (non-hydrogen) atoms. The second kappa shape index (κ2) is 10.7. The summed E-state index contributed by atoms with van der Waals surface area (Å²) in [4.78, 5) is 0. The standard InChI is InChI=1S/C20H31NO3Si/c1-4-22-25(23-5-2,24-6-3)16-10-15-21-17-19-13-9-12-18-11-7-8-14-20(18)19/h7-9,11-14,21H,4-6,10,15-17H2,1-3H3. The molecule has 0 aliphatic carbocycles. The van der Waals surface area contributed by atoms with Crippen LogP contribution in [0.15, 0.2) is 42.5 Å². The van der Waals surface area contributed by atoms with Crippen LogP contribution in [-0.4, -0.2) is 35.2 Å². The molecule has 0 atom stereocenters. The molecule has 0 aliphatic heterocycles. The maximum atomic E-state index is 5.90. The van der Waals surface area contributed by atoms with Crippen molar-refractivity contribution >= 4 is 19.6 Å². The quantitative estimate of drug-likeness (QED) is 0.450. The number of fused-ring (bicyclic) bond motifs is 1. The molecule has 5 heteroatoms. The minimum atomic E-state index is -2.51. The Bertz CT molecular complexity index is 613. The van der Waals surface area contributed by atoms with E-state index >= 15 is 0 Å². The molecule has 0 saturated heterocycles. The lowest BCUT2D eigenvalue weighted by Gasteiger charge is -2.28. The van der Waals surface area contributed by atoms with E-state index in [-0.39, 0.29) is 0 Å². The van der Waals surface area contributed by atoms with Crippen molar-refractivity contribution in [3.63, 3.8) is 0 Å². The van der Waals surface area contributed by atoms with Crippen molar-refractivity contribution in [2.24, 2.45) is 0 Å². The lowest BCUT2D eigenvalue weighted by atomic mass is 10.0. The molecule has 0 radical (unpaired) electrons. The van der Waals surface area contributed by atoms with E-state index < -0.39 is 8.80 Å². The van der Waals surface area contributed by atoms with Crippen LogP contribution in [0, 0.1) is 0 Å². The van der Waals surface area contributed by atoms with E-state index in [0.717, 1.165) is 25.6 Å². The number of benzene rings is 2. The summed E-state index contributed by atoms with van der Waals surface area (Å²) in [6.07, 6.45) is 0.983. The van der Waals surface area contributed by atoms with Gasteiger partial charge in [0.15, 0.2) is 0 Å². The summed E-state index contributed by atoms with van der Waals surface area (Å²) in [6.45, 7) is 9.69. The molecule has 0 spiro atoms. The minimum Gasteiger partial charge on any atom is -0.374 e. The summed E-state index contributed by atoms with van der Waals surface area (Å²) < 4.78 is 17.7. The van der Waals surface area contributed by atoms with E-state index in [4.69, 9.17) is 13.3 Å². The summed E-state index contributed by atoms with van der Waals surface area (Å²) in [6, 6.07) is 15.8. The van der Waals surface area contributed by atoms with E-state index in [2.05, 4.69) is 47.8 Å². The highest BCUT2D eigenvalue weighted by Crippen LogP contribution is 2.19. The molecule has 0 amide bonds. The summed E-state index contributed by atoms with van der Waals surface area (Å²) in [5.41, 5.74) is 1.33. The van der Waals surface area contributed by atoms with Crippen molar-refractivity contribution in [1.29, 1.82) is 0 Å². The lowest BCUT2D eigenvalue weighted by molar-refractivity contribution is 0.0708. The Hall–Kier alpha value is -1.24. The first kappa shape index (κ1) is 20.1. The molecular weight excluding hydrogens is 330 g/mol. The van der Waals surface area contributed by atoms with Gasteiger partial charge in [-0.15, -0.1) is 0 Å². The third-order valence-electron chi connectivity index (χ3n) is 4.12. The molecule has 0 aromatic heterocycles. The Labute approximate surface area is 152 Å². The van der Waals surface area contributed by atoms with E-state index in [0.29, 0.717) is 19.8 Å². The van der Waals surface area contributed by atoms with Gasteiger partial charge in [-0.25, -0.2) is 0 Å². The monoisotopic (exact) mass is 361 g/mol. The van der Waals surface area contributed by atoms with Gasteiger partial charge in [-0.2, -0.15) is 0 Å². The Balaban J connectivity index is 1.85. The van der Waals surface area contributed by atoms with Gasteiger partial charge in [0.2, 0.25) is 0 Å². The zero-order valence-corrected chi connectivity index (χ0v) is 16.7. The molecule has 0 unspecified atom stereocenters. The van der Waals surface area contributed by atoms with E-state index in [1.54, 1.807) is 0 Å². The first-order valence-electron chi connectivity index (χ1n) is 9.34. The average Bonchev–Trinajstić information content (AvgIpc) is 2.62. The molecule has 2 aromatic rings. The Morgan fingerprint density at radius 1 is 0.840 bits per heavy atom. The first-order valence-corrected chi connectivity index (χ1v) is 11.3. The Kier molecular flexibility index (Phi) is 8.58. The van der Waals surface area contributed by atoms with Crippen molar-refractivity contribution in [3.8, 4) is 0 Å². The van der Waals surface area contributed by atoms with Crippen LogP contribution in [0.5, 0.6) is 0 Å².